The molecule has 0 amide bonds. The number of rotatable bonds is 4. The van der Waals surface area contributed by atoms with E-state index in [9.17, 15) is 9.18 Å². The molecule has 2 aromatic rings. The average Bonchev–Trinajstić information content (AvgIpc) is 2.85. The summed E-state index contributed by atoms with van der Waals surface area (Å²) in [7, 11) is 0. The Morgan fingerprint density at radius 2 is 2.33 bits per heavy atom. The van der Waals surface area contributed by atoms with Gasteiger partial charge in [-0.1, -0.05) is 11.6 Å². The zero-order chi connectivity index (χ0) is 13.0. The van der Waals surface area contributed by atoms with Crippen LogP contribution in [0.15, 0.2) is 36.9 Å². The van der Waals surface area contributed by atoms with Gasteiger partial charge in [-0.05, 0) is 18.2 Å². The molecule has 1 heterocycles. The van der Waals surface area contributed by atoms with Crippen molar-refractivity contribution in [3.8, 4) is 5.75 Å². The first-order valence-corrected chi connectivity index (χ1v) is 5.63. The molecule has 0 bridgehead atoms. The topological polar surface area (TPSA) is 44.1 Å². The number of hydrogen-bond donors (Lipinski definition) is 0. The summed E-state index contributed by atoms with van der Waals surface area (Å²) in [5.74, 6) is -0.205. The molecule has 0 radical (unpaired) electrons. The van der Waals surface area contributed by atoms with E-state index in [1.165, 1.54) is 29.2 Å². The Morgan fingerprint density at radius 3 is 3.00 bits per heavy atom. The van der Waals surface area contributed by atoms with Crippen molar-refractivity contribution in [3.05, 3.63) is 47.8 Å². The van der Waals surface area contributed by atoms with Crippen LogP contribution in [0.5, 0.6) is 5.75 Å². The number of benzene rings is 1. The summed E-state index contributed by atoms with van der Waals surface area (Å²) in [5.41, 5.74) is 0. The Morgan fingerprint density at radius 1 is 1.50 bits per heavy atom. The Kier molecular flexibility index (Phi) is 3.94. The molecule has 0 fully saturated rings. The summed E-state index contributed by atoms with van der Waals surface area (Å²) in [6.07, 6.45) is 4.69. The van der Waals surface area contributed by atoms with Crippen molar-refractivity contribution in [1.82, 2.24) is 9.55 Å². The number of aromatic nitrogens is 2. The van der Waals surface area contributed by atoms with Gasteiger partial charge in [-0.3, -0.25) is 9.36 Å². The van der Waals surface area contributed by atoms with Crippen LogP contribution < -0.4 is 4.74 Å². The van der Waals surface area contributed by atoms with Gasteiger partial charge in [-0.2, -0.15) is 0 Å². The van der Waals surface area contributed by atoms with E-state index in [1.807, 2.05) is 0 Å². The molecule has 0 saturated heterocycles. The van der Waals surface area contributed by atoms with Crippen LogP contribution in [0.25, 0.3) is 0 Å². The van der Waals surface area contributed by atoms with Crippen LogP contribution in [0.3, 0.4) is 0 Å². The molecule has 0 spiro atoms. The minimum atomic E-state index is -0.429. The van der Waals surface area contributed by atoms with Crippen LogP contribution in [0.4, 0.5) is 4.39 Å². The first kappa shape index (κ1) is 12.6. The molecule has 0 unspecified atom stereocenters. The predicted molar refractivity (Wildman–Crippen MR) is 64.4 cm³/mol. The maximum Gasteiger partial charge on any atom is 0.235 e. The first-order chi connectivity index (χ1) is 8.66. The van der Waals surface area contributed by atoms with Crippen molar-refractivity contribution in [3.63, 3.8) is 0 Å². The van der Waals surface area contributed by atoms with Crippen molar-refractivity contribution in [2.24, 2.45) is 0 Å². The van der Waals surface area contributed by atoms with Gasteiger partial charge in [-0.15, -0.1) is 0 Å². The Bertz CT molecular complexity index is 543. The lowest BCUT2D eigenvalue weighted by atomic mass is 10.3. The van der Waals surface area contributed by atoms with Gasteiger partial charge < -0.3 is 4.74 Å². The molecule has 18 heavy (non-hydrogen) atoms. The van der Waals surface area contributed by atoms with Gasteiger partial charge in [0.05, 0.1) is 18.1 Å². The zero-order valence-corrected chi connectivity index (χ0v) is 10.1. The van der Waals surface area contributed by atoms with Crippen molar-refractivity contribution < 1.29 is 13.9 Å². The summed E-state index contributed by atoms with van der Waals surface area (Å²) in [5, 5.41) is 0.185. The third-order valence-corrected chi connectivity index (χ3v) is 2.56. The van der Waals surface area contributed by atoms with Crippen molar-refractivity contribution in [2.45, 2.75) is 6.42 Å². The molecule has 6 heteroatoms. The van der Waals surface area contributed by atoms with Crippen molar-refractivity contribution >= 4 is 17.5 Å². The second-order valence-corrected chi connectivity index (χ2v) is 3.94. The smallest absolute Gasteiger partial charge is 0.235 e. The van der Waals surface area contributed by atoms with Crippen LogP contribution in [0.1, 0.15) is 11.2 Å². The van der Waals surface area contributed by atoms with E-state index in [1.54, 1.807) is 6.20 Å². The maximum absolute atomic E-state index is 12.8. The van der Waals surface area contributed by atoms with Crippen LogP contribution >= 0.6 is 11.6 Å². The normalized spacial score (nSPS) is 10.3. The molecule has 0 aliphatic carbocycles. The lowest BCUT2D eigenvalue weighted by Crippen LogP contribution is -2.12. The SMILES string of the molecule is O=C(CCOc1ccc(F)cc1Cl)n1ccnc1. The molecule has 0 aliphatic heterocycles. The Labute approximate surface area is 108 Å². The molecule has 0 atom stereocenters. The van der Waals surface area contributed by atoms with E-state index in [2.05, 4.69) is 4.98 Å². The molecule has 0 saturated carbocycles. The average molecular weight is 269 g/mol. The first-order valence-electron chi connectivity index (χ1n) is 5.26. The van der Waals surface area contributed by atoms with Gasteiger partial charge in [0, 0.05) is 12.4 Å². The summed E-state index contributed by atoms with van der Waals surface area (Å²) in [4.78, 5) is 15.4. The Hall–Kier alpha value is -1.88. The molecule has 1 aromatic carbocycles. The standard InChI is InChI=1S/C12H10ClFN2O2/c13-10-7-9(14)1-2-11(10)18-6-3-12(17)16-5-4-15-8-16/h1-2,4-5,7-8H,3,6H2. The predicted octanol–water partition coefficient (Wildman–Crippen LogP) is 2.78. The lowest BCUT2D eigenvalue weighted by Gasteiger charge is -2.07. The molecule has 2 rings (SSSR count). The summed E-state index contributed by atoms with van der Waals surface area (Å²) in [6.45, 7) is 0.169. The Balaban J connectivity index is 1.87. The number of carbonyl (C=O) groups excluding carboxylic acids is 1. The van der Waals surface area contributed by atoms with E-state index in [0.29, 0.717) is 5.75 Å². The number of hydrogen-bond acceptors (Lipinski definition) is 3. The molecule has 4 nitrogen and oxygen atoms in total. The van der Waals surface area contributed by atoms with E-state index in [4.69, 9.17) is 16.3 Å². The molecule has 94 valence electrons. The molecular formula is C12H10ClFN2O2. The van der Waals surface area contributed by atoms with Gasteiger partial charge in [0.15, 0.2) is 0 Å². The maximum atomic E-state index is 12.8. The highest BCUT2D eigenvalue weighted by atomic mass is 35.5. The van der Waals surface area contributed by atoms with Crippen molar-refractivity contribution in [2.75, 3.05) is 6.61 Å². The number of carbonyl (C=O) groups is 1. The molecule has 0 N–H and O–H groups in total. The third-order valence-electron chi connectivity index (χ3n) is 2.26. The van der Waals surface area contributed by atoms with E-state index in [0.717, 1.165) is 6.07 Å². The highest BCUT2D eigenvalue weighted by Crippen LogP contribution is 2.24. The number of nitrogens with zero attached hydrogens (tertiary/aromatic N) is 2. The molecule has 1 aromatic heterocycles. The minimum absolute atomic E-state index is 0.134. The molecule has 0 aliphatic rings. The fourth-order valence-corrected chi connectivity index (χ4v) is 1.60. The highest BCUT2D eigenvalue weighted by molar-refractivity contribution is 6.32. The van der Waals surface area contributed by atoms with Gasteiger partial charge in [0.2, 0.25) is 5.91 Å². The van der Waals surface area contributed by atoms with Crippen LogP contribution in [-0.2, 0) is 0 Å². The van der Waals surface area contributed by atoms with E-state index < -0.39 is 5.82 Å². The second-order valence-electron chi connectivity index (χ2n) is 3.54. The monoisotopic (exact) mass is 268 g/mol. The number of ether oxygens (including phenoxy) is 1. The number of imidazole rings is 1. The molecular weight excluding hydrogens is 259 g/mol. The van der Waals surface area contributed by atoms with E-state index in [-0.39, 0.29) is 24.0 Å². The van der Waals surface area contributed by atoms with Crippen LogP contribution in [0, 0.1) is 5.82 Å². The largest absolute Gasteiger partial charge is 0.491 e. The zero-order valence-electron chi connectivity index (χ0n) is 9.35. The van der Waals surface area contributed by atoms with Crippen LogP contribution in [0.2, 0.25) is 5.02 Å². The van der Waals surface area contributed by atoms with Crippen molar-refractivity contribution in [1.29, 1.82) is 0 Å². The lowest BCUT2D eigenvalue weighted by molar-refractivity contribution is 0.0881. The fourth-order valence-electron chi connectivity index (χ4n) is 1.38. The van der Waals surface area contributed by atoms with E-state index >= 15 is 0 Å². The van der Waals surface area contributed by atoms with Gasteiger partial charge >= 0.3 is 0 Å². The number of halogens is 2. The van der Waals surface area contributed by atoms with Gasteiger partial charge in [0.1, 0.15) is 17.9 Å². The quantitative estimate of drug-likeness (QED) is 0.856. The third kappa shape index (κ3) is 3.07. The summed E-state index contributed by atoms with van der Waals surface area (Å²) < 4.78 is 19.5. The second kappa shape index (κ2) is 5.64. The van der Waals surface area contributed by atoms with Crippen LogP contribution in [-0.4, -0.2) is 22.1 Å². The van der Waals surface area contributed by atoms with Gasteiger partial charge in [0.25, 0.3) is 0 Å². The fraction of sp³-hybridized carbons (Fsp3) is 0.167. The minimum Gasteiger partial charge on any atom is -0.491 e. The summed E-state index contributed by atoms with van der Waals surface area (Å²) >= 11 is 5.78. The van der Waals surface area contributed by atoms with Gasteiger partial charge in [-0.25, -0.2) is 9.37 Å². The summed E-state index contributed by atoms with van der Waals surface area (Å²) in [6, 6.07) is 3.84. The highest BCUT2D eigenvalue weighted by Gasteiger charge is 2.06.